The molecule has 1 aliphatic heterocycles. The second-order valence-electron chi connectivity index (χ2n) is 6.83. The molecule has 0 aromatic heterocycles. The highest BCUT2D eigenvalue weighted by atomic mass is 16.5. The van der Waals surface area contributed by atoms with Crippen molar-refractivity contribution in [3.8, 4) is 5.75 Å². The molecule has 3 rings (SSSR count). The van der Waals surface area contributed by atoms with Crippen molar-refractivity contribution in [2.45, 2.75) is 20.3 Å². The van der Waals surface area contributed by atoms with Gasteiger partial charge in [0.2, 0.25) is 0 Å². The number of benzene rings is 2. The molecule has 0 N–H and O–H groups in total. The number of rotatable bonds is 5. The summed E-state index contributed by atoms with van der Waals surface area (Å²) in [6.07, 6.45) is 0.977. The molecule has 1 heterocycles. The molecular weight excluding hydrogens is 340 g/mol. The average molecular weight is 366 g/mol. The Kier molecular flexibility index (Phi) is 6.12. The molecule has 142 valence electrons. The molecule has 0 aliphatic carbocycles. The van der Waals surface area contributed by atoms with Gasteiger partial charge in [-0.3, -0.25) is 9.59 Å². The molecule has 0 radical (unpaired) electrons. The second-order valence-corrected chi connectivity index (χ2v) is 6.83. The van der Waals surface area contributed by atoms with Crippen molar-refractivity contribution in [3.05, 3.63) is 65.2 Å². The third kappa shape index (κ3) is 4.88. The Bertz CT molecular complexity index is 776. The Labute approximate surface area is 160 Å². The molecule has 0 unspecified atom stereocenters. The Morgan fingerprint density at radius 2 is 1.48 bits per heavy atom. The van der Waals surface area contributed by atoms with Crippen LogP contribution in [-0.4, -0.2) is 54.4 Å². The van der Waals surface area contributed by atoms with Crippen molar-refractivity contribution in [2.75, 3.05) is 32.8 Å². The Morgan fingerprint density at radius 1 is 0.889 bits per heavy atom. The van der Waals surface area contributed by atoms with Crippen molar-refractivity contribution >= 4 is 11.8 Å². The lowest BCUT2D eigenvalue weighted by Crippen LogP contribution is -2.51. The van der Waals surface area contributed by atoms with Gasteiger partial charge in [0, 0.05) is 31.7 Å². The highest BCUT2D eigenvalue weighted by Crippen LogP contribution is 2.14. The van der Waals surface area contributed by atoms with Crippen LogP contribution in [0.1, 0.15) is 28.4 Å². The predicted molar refractivity (Wildman–Crippen MR) is 105 cm³/mol. The van der Waals surface area contributed by atoms with Crippen LogP contribution in [0.15, 0.2) is 48.5 Å². The van der Waals surface area contributed by atoms with Gasteiger partial charge in [-0.25, -0.2) is 0 Å². The quantitative estimate of drug-likeness (QED) is 0.818. The van der Waals surface area contributed by atoms with E-state index in [1.165, 1.54) is 5.56 Å². The molecule has 0 bridgehead atoms. The Morgan fingerprint density at radius 3 is 2.07 bits per heavy atom. The third-order valence-electron chi connectivity index (χ3n) is 4.91. The van der Waals surface area contributed by atoms with Crippen molar-refractivity contribution in [1.82, 2.24) is 9.80 Å². The minimum atomic E-state index is -0.0444. The maximum Gasteiger partial charge on any atom is 0.260 e. The number of hydrogen-bond acceptors (Lipinski definition) is 3. The zero-order valence-electron chi connectivity index (χ0n) is 16.0. The van der Waals surface area contributed by atoms with E-state index in [9.17, 15) is 9.59 Å². The monoisotopic (exact) mass is 366 g/mol. The van der Waals surface area contributed by atoms with Crippen LogP contribution in [-0.2, 0) is 11.2 Å². The second kappa shape index (κ2) is 8.71. The van der Waals surface area contributed by atoms with Gasteiger partial charge < -0.3 is 14.5 Å². The normalized spacial score (nSPS) is 14.1. The molecule has 2 amide bonds. The van der Waals surface area contributed by atoms with Crippen LogP contribution < -0.4 is 4.74 Å². The maximum atomic E-state index is 12.5. The lowest BCUT2D eigenvalue weighted by Gasteiger charge is -2.34. The van der Waals surface area contributed by atoms with E-state index in [1.807, 2.05) is 55.5 Å². The Hall–Kier alpha value is -2.82. The summed E-state index contributed by atoms with van der Waals surface area (Å²) in [6.45, 7) is 6.29. The molecule has 2 aromatic rings. The maximum absolute atomic E-state index is 12.5. The molecule has 2 aromatic carbocycles. The standard InChI is InChI=1S/C22H26N2O3/c1-3-18-6-10-20(11-7-18)27-16-21(25)23-12-14-24(15-13-23)22(26)19-8-4-17(2)5-9-19/h4-11H,3,12-16H2,1-2H3. The first-order valence-electron chi connectivity index (χ1n) is 9.42. The molecular formula is C22H26N2O3. The van der Waals surface area contributed by atoms with Crippen molar-refractivity contribution in [3.63, 3.8) is 0 Å². The summed E-state index contributed by atoms with van der Waals surface area (Å²) in [5.74, 6) is 0.681. The fourth-order valence-corrected chi connectivity index (χ4v) is 3.10. The summed E-state index contributed by atoms with van der Waals surface area (Å²) in [5.41, 5.74) is 3.06. The van der Waals surface area contributed by atoms with Crippen molar-refractivity contribution in [1.29, 1.82) is 0 Å². The highest BCUT2D eigenvalue weighted by Gasteiger charge is 2.25. The lowest BCUT2D eigenvalue weighted by atomic mass is 10.1. The summed E-state index contributed by atoms with van der Waals surface area (Å²) in [5, 5.41) is 0. The zero-order valence-corrected chi connectivity index (χ0v) is 16.0. The van der Waals surface area contributed by atoms with Gasteiger partial charge in [0.15, 0.2) is 6.61 Å². The van der Waals surface area contributed by atoms with Gasteiger partial charge in [-0.05, 0) is 43.2 Å². The van der Waals surface area contributed by atoms with E-state index in [2.05, 4.69) is 6.92 Å². The molecule has 5 nitrogen and oxygen atoms in total. The van der Waals surface area contributed by atoms with Crippen LogP contribution in [0.5, 0.6) is 5.75 Å². The molecule has 1 saturated heterocycles. The molecule has 27 heavy (non-hydrogen) atoms. The van der Waals surface area contributed by atoms with Crippen LogP contribution >= 0.6 is 0 Å². The molecule has 1 fully saturated rings. The van der Waals surface area contributed by atoms with Crippen LogP contribution in [0.25, 0.3) is 0 Å². The summed E-state index contributed by atoms with van der Waals surface area (Å²) in [7, 11) is 0. The first-order valence-corrected chi connectivity index (χ1v) is 9.42. The predicted octanol–water partition coefficient (Wildman–Crippen LogP) is 2.92. The van der Waals surface area contributed by atoms with Crippen LogP contribution in [0, 0.1) is 6.92 Å². The highest BCUT2D eigenvalue weighted by molar-refractivity contribution is 5.94. The number of ether oxygens (including phenoxy) is 1. The lowest BCUT2D eigenvalue weighted by molar-refractivity contribution is -0.134. The molecule has 5 heteroatoms. The number of hydrogen-bond donors (Lipinski definition) is 0. The van der Waals surface area contributed by atoms with Gasteiger partial charge in [0.05, 0.1) is 0 Å². The van der Waals surface area contributed by atoms with E-state index in [0.717, 1.165) is 12.0 Å². The fourth-order valence-electron chi connectivity index (χ4n) is 3.10. The number of amides is 2. The van der Waals surface area contributed by atoms with Gasteiger partial charge in [0.25, 0.3) is 11.8 Å². The number of aryl methyl sites for hydroxylation is 2. The van der Waals surface area contributed by atoms with Crippen molar-refractivity contribution < 1.29 is 14.3 Å². The SMILES string of the molecule is CCc1ccc(OCC(=O)N2CCN(C(=O)c3ccc(C)cc3)CC2)cc1. The first kappa shape index (κ1) is 19.0. The first-order chi connectivity index (χ1) is 13.1. The van der Waals surface area contributed by atoms with Crippen LogP contribution in [0.4, 0.5) is 0 Å². The van der Waals surface area contributed by atoms with E-state index in [0.29, 0.717) is 37.5 Å². The Balaban J connectivity index is 1.47. The van der Waals surface area contributed by atoms with Gasteiger partial charge in [-0.15, -0.1) is 0 Å². The van der Waals surface area contributed by atoms with Crippen LogP contribution in [0.3, 0.4) is 0 Å². The summed E-state index contributed by atoms with van der Waals surface area (Å²) < 4.78 is 5.60. The van der Waals surface area contributed by atoms with Crippen LogP contribution in [0.2, 0.25) is 0 Å². The summed E-state index contributed by atoms with van der Waals surface area (Å²) in [4.78, 5) is 28.5. The van der Waals surface area contributed by atoms with E-state index in [4.69, 9.17) is 4.74 Å². The van der Waals surface area contributed by atoms with E-state index >= 15 is 0 Å². The zero-order chi connectivity index (χ0) is 19.2. The molecule has 0 saturated carbocycles. The number of carbonyl (C=O) groups excluding carboxylic acids is 2. The average Bonchev–Trinajstić information content (AvgIpc) is 2.72. The number of carbonyl (C=O) groups is 2. The van der Waals surface area contributed by atoms with Gasteiger partial charge in [0.1, 0.15) is 5.75 Å². The number of piperazine rings is 1. The minimum absolute atomic E-state index is 0.0226. The fraction of sp³-hybridized carbons (Fsp3) is 0.364. The molecule has 0 spiro atoms. The van der Waals surface area contributed by atoms with E-state index < -0.39 is 0 Å². The van der Waals surface area contributed by atoms with Gasteiger partial charge in [-0.2, -0.15) is 0 Å². The minimum Gasteiger partial charge on any atom is -0.484 e. The third-order valence-corrected chi connectivity index (χ3v) is 4.91. The molecule has 0 atom stereocenters. The van der Waals surface area contributed by atoms with Gasteiger partial charge >= 0.3 is 0 Å². The van der Waals surface area contributed by atoms with E-state index in [1.54, 1.807) is 9.80 Å². The largest absolute Gasteiger partial charge is 0.484 e. The smallest absolute Gasteiger partial charge is 0.260 e. The topological polar surface area (TPSA) is 49.9 Å². The summed E-state index contributed by atoms with van der Waals surface area (Å²) in [6, 6.07) is 15.4. The number of nitrogens with zero attached hydrogens (tertiary/aromatic N) is 2. The summed E-state index contributed by atoms with van der Waals surface area (Å²) >= 11 is 0. The van der Waals surface area contributed by atoms with E-state index in [-0.39, 0.29) is 18.4 Å². The van der Waals surface area contributed by atoms with Crippen molar-refractivity contribution in [2.24, 2.45) is 0 Å². The van der Waals surface area contributed by atoms with Gasteiger partial charge in [-0.1, -0.05) is 36.8 Å². The molecule has 1 aliphatic rings.